The van der Waals surface area contributed by atoms with Crippen LogP contribution in [0.2, 0.25) is 0 Å². The number of fused-ring (bicyclic) bond motifs is 1. The Morgan fingerprint density at radius 2 is 2.00 bits per heavy atom. The Morgan fingerprint density at radius 1 is 1.24 bits per heavy atom. The lowest BCUT2D eigenvalue weighted by molar-refractivity contribution is 0.174. The number of halogens is 1. The van der Waals surface area contributed by atoms with Gasteiger partial charge in [0.1, 0.15) is 5.82 Å². The summed E-state index contributed by atoms with van der Waals surface area (Å²) in [7, 11) is 3.94. The number of benzene rings is 1. The molecule has 1 aliphatic heterocycles. The Morgan fingerprint density at radius 3 is 2.67 bits per heavy atom. The van der Waals surface area contributed by atoms with E-state index in [-0.39, 0.29) is 6.79 Å². The smallest absolute Gasteiger partial charge is 0.231 e. The summed E-state index contributed by atoms with van der Waals surface area (Å²) < 4.78 is 11.7. The molecule has 1 aromatic carbocycles. The number of hydrogen-bond acceptors (Lipinski definition) is 5. The lowest BCUT2D eigenvalue weighted by Gasteiger charge is -2.13. The van der Waals surface area contributed by atoms with Crippen LogP contribution in [0.5, 0.6) is 11.5 Å². The molecule has 1 N–H and O–H groups in total. The lowest BCUT2D eigenvalue weighted by Crippen LogP contribution is -2.10. The van der Waals surface area contributed by atoms with Crippen LogP contribution in [0.25, 0.3) is 0 Å². The molecule has 0 radical (unpaired) electrons. The van der Waals surface area contributed by atoms with E-state index in [0.717, 1.165) is 33.0 Å². The first-order valence-electron chi connectivity index (χ1n) is 6.59. The van der Waals surface area contributed by atoms with E-state index in [1.54, 1.807) is 0 Å². The number of pyridine rings is 1. The Bertz CT molecular complexity index is 644. The van der Waals surface area contributed by atoms with E-state index in [9.17, 15) is 0 Å². The summed E-state index contributed by atoms with van der Waals surface area (Å²) in [6, 6.07) is 7.92. The summed E-state index contributed by atoms with van der Waals surface area (Å²) in [5.74, 6) is 2.50. The number of ether oxygens (including phenoxy) is 2. The standard InChI is InChI=1S/C15H16BrN3O2/c1-19(2)15-4-3-11(8-18-15)17-7-10-5-13-14(6-12(10)16)21-9-20-13/h3-6,8,17H,7,9H2,1-2H3. The second kappa shape index (κ2) is 5.81. The highest BCUT2D eigenvalue weighted by atomic mass is 79.9. The zero-order valence-electron chi connectivity index (χ0n) is 11.9. The number of hydrogen-bond donors (Lipinski definition) is 1. The van der Waals surface area contributed by atoms with Crippen LogP contribution in [0.15, 0.2) is 34.9 Å². The summed E-state index contributed by atoms with van der Waals surface area (Å²) >= 11 is 3.56. The quantitative estimate of drug-likeness (QED) is 0.917. The molecule has 1 aromatic heterocycles. The molecular formula is C15H16BrN3O2. The van der Waals surface area contributed by atoms with Crippen molar-refractivity contribution in [3.63, 3.8) is 0 Å². The molecule has 0 atom stereocenters. The molecule has 110 valence electrons. The van der Waals surface area contributed by atoms with Gasteiger partial charge >= 0.3 is 0 Å². The minimum absolute atomic E-state index is 0.286. The first kappa shape index (κ1) is 14.0. The van der Waals surface area contributed by atoms with Crippen molar-refractivity contribution >= 4 is 27.4 Å². The zero-order valence-corrected chi connectivity index (χ0v) is 13.5. The highest BCUT2D eigenvalue weighted by Gasteiger charge is 2.16. The fourth-order valence-corrected chi connectivity index (χ4v) is 2.51. The SMILES string of the molecule is CN(C)c1ccc(NCc2cc3c(cc2Br)OCO3)cn1. The maximum atomic E-state index is 5.40. The van der Waals surface area contributed by atoms with Crippen molar-refractivity contribution in [3.8, 4) is 11.5 Å². The van der Waals surface area contributed by atoms with Gasteiger partial charge < -0.3 is 19.7 Å². The van der Waals surface area contributed by atoms with Crippen molar-refractivity contribution < 1.29 is 9.47 Å². The number of rotatable bonds is 4. The van der Waals surface area contributed by atoms with E-state index in [4.69, 9.17) is 9.47 Å². The lowest BCUT2D eigenvalue weighted by atomic mass is 10.2. The average Bonchev–Trinajstić information content (AvgIpc) is 2.92. The molecule has 0 aliphatic carbocycles. The molecule has 0 fully saturated rings. The minimum Gasteiger partial charge on any atom is -0.454 e. The summed E-state index contributed by atoms with van der Waals surface area (Å²) in [4.78, 5) is 6.35. The maximum Gasteiger partial charge on any atom is 0.231 e. The van der Waals surface area contributed by atoms with Gasteiger partial charge in [-0.25, -0.2) is 4.98 Å². The van der Waals surface area contributed by atoms with Crippen molar-refractivity contribution in [2.24, 2.45) is 0 Å². The second-order valence-corrected chi connectivity index (χ2v) is 5.80. The number of nitrogens with zero attached hydrogens (tertiary/aromatic N) is 2. The van der Waals surface area contributed by atoms with Gasteiger partial charge in [0.25, 0.3) is 0 Å². The minimum atomic E-state index is 0.286. The van der Waals surface area contributed by atoms with Crippen molar-refractivity contribution in [1.82, 2.24) is 4.98 Å². The monoisotopic (exact) mass is 349 g/mol. The van der Waals surface area contributed by atoms with E-state index < -0.39 is 0 Å². The van der Waals surface area contributed by atoms with Gasteiger partial charge in [-0.15, -0.1) is 0 Å². The second-order valence-electron chi connectivity index (χ2n) is 4.95. The van der Waals surface area contributed by atoms with Gasteiger partial charge in [-0.2, -0.15) is 0 Å². The van der Waals surface area contributed by atoms with Crippen LogP contribution >= 0.6 is 15.9 Å². The van der Waals surface area contributed by atoms with Gasteiger partial charge in [-0.3, -0.25) is 0 Å². The Balaban J connectivity index is 1.70. The fraction of sp³-hybridized carbons (Fsp3) is 0.267. The third kappa shape index (κ3) is 3.05. The van der Waals surface area contributed by atoms with Crippen molar-refractivity contribution in [2.45, 2.75) is 6.54 Å². The van der Waals surface area contributed by atoms with Crippen LogP contribution < -0.4 is 19.7 Å². The first-order valence-corrected chi connectivity index (χ1v) is 7.38. The molecule has 0 saturated carbocycles. The molecule has 1 aliphatic rings. The fourth-order valence-electron chi connectivity index (χ4n) is 2.05. The van der Waals surface area contributed by atoms with E-state index in [1.165, 1.54) is 0 Å². The van der Waals surface area contributed by atoms with E-state index in [2.05, 4.69) is 26.2 Å². The third-order valence-corrected chi connectivity index (χ3v) is 3.97. The number of aromatic nitrogens is 1. The molecule has 21 heavy (non-hydrogen) atoms. The van der Waals surface area contributed by atoms with Crippen molar-refractivity contribution in [1.29, 1.82) is 0 Å². The molecule has 0 saturated heterocycles. The Labute approximate surface area is 132 Å². The normalized spacial score (nSPS) is 12.3. The predicted molar refractivity (Wildman–Crippen MR) is 86.2 cm³/mol. The molecule has 0 unspecified atom stereocenters. The molecule has 2 heterocycles. The molecular weight excluding hydrogens is 334 g/mol. The van der Waals surface area contributed by atoms with E-state index >= 15 is 0 Å². The van der Waals surface area contributed by atoms with Crippen LogP contribution in [0.4, 0.5) is 11.5 Å². The van der Waals surface area contributed by atoms with Crippen molar-refractivity contribution in [3.05, 3.63) is 40.5 Å². The summed E-state index contributed by atoms with van der Waals surface area (Å²) in [6.45, 7) is 0.967. The van der Waals surface area contributed by atoms with Gasteiger partial charge in [0.05, 0.1) is 11.9 Å². The Kier molecular flexibility index (Phi) is 3.88. The van der Waals surface area contributed by atoms with Crippen LogP contribution in [0, 0.1) is 0 Å². The molecule has 3 rings (SSSR count). The molecule has 0 amide bonds. The van der Waals surface area contributed by atoms with Crippen molar-refractivity contribution in [2.75, 3.05) is 31.1 Å². The summed E-state index contributed by atoms with van der Waals surface area (Å²) in [6.07, 6.45) is 1.83. The van der Waals surface area contributed by atoms with Gasteiger partial charge in [-0.05, 0) is 29.8 Å². The van der Waals surface area contributed by atoms with E-state index in [0.29, 0.717) is 6.54 Å². The number of nitrogens with one attached hydrogen (secondary N) is 1. The summed E-state index contributed by atoms with van der Waals surface area (Å²) in [5.41, 5.74) is 2.08. The van der Waals surface area contributed by atoms with Gasteiger partial charge in [0.2, 0.25) is 6.79 Å². The van der Waals surface area contributed by atoms with Crippen LogP contribution in [0.3, 0.4) is 0 Å². The highest BCUT2D eigenvalue weighted by molar-refractivity contribution is 9.10. The topological polar surface area (TPSA) is 46.6 Å². The van der Waals surface area contributed by atoms with Crippen LogP contribution in [0.1, 0.15) is 5.56 Å². The molecule has 2 aromatic rings. The van der Waals surface area contributed by atoms with Crippen LogP contribution in [-0.4, -0.2) is 25.9 Å². The van der Waals surface area contributed by atoms with Gasteiger partial charge in [0, 0.05) is 25.1 Å². The van der Waals surface area contributed by atoms with Gasteiger partial charge in [-0.1, -0.05) is 15.9 Å². The zero-order chi connectivity index (χ0) is 14.8. The first-order chi connectivity index (χ1) is 10.1. The van der Waals surface area contributed by atoms with E-state index in [1.807, 2.05) is 49.5 Å². The predicted octanol–water partition coefficient (Wildman–Crippen LogP) is 3.25. The molecule has 0 spiro atoms. The number of anilines is 2. The Hall–Kier alpha value is -1.95. The average molecular weight is 350 g/mol. The van der Waals surface area contributed by atoms with Crippen LogP contribution in [-0.2, 0) is 6.54 Å². The molecule has 5 nitrogen and oxygen atoms in total. The largest absolute Gasteiger partial charge is 0.454 e. The van der Waals surface area contributed by atoms with Gasteiger partial charge in [0.15, 0.2) is 11.5 Å². The summed E-state index contributed by atoms with van der Waals surface area (Å²) in [5, 5.41) is 3.35. The highest BCUT2D eigenvalue weighted by Crippen LogP contribution is 2.37. The maximum absolute atomic E-state index is 5.40. The third-order valence-electron chi connectivity index (χ3n) is 3.23. The molecule has 6 heteroatoms. The molecule has 0 bridgehead atoms.